The molecule has 0 spiro atoms. The number of hydrogen-bond donors (Lipinski definition) is 2. The highest BCUT2D eigenvalue weighted by Gasteiger charge is 2.27. The van der Waals surface area contributed by atoms with Gasteiger partial charge in [0.1, 0.15) is 0 Å². The largest absolute Gasteiger partial charge is 0.354 e. The van der Waals surface area contributed by atoms with E-state index in [4.69, 9.17) is 0 Å². The molecule has 2 N–H and O–H groups in total. The minimum Gasteiger partial charge on any atom is -0.354 e. The van der Waals surface area contributed by atoms with Crippen LogP contribution in [0.2, 0.25) is 0 Å². The maximum Gasteiger partial charge on any atom is 0.243 e. The van der Waals surface area contributed by atoms with Gasteiger partial charge in [-0.05, 0) is 48.9 Å². The van der Waals surface area contributed by atoms with Crippen molar-refractivity contribution >= 4 is 41.9 Å². The maximum absolute atomic E-state index is 13.3. The summed E-state index contributed by atoms with van der Waals surface area (Å²) in [6.07, 6.45) is 0. The van der Waals surface area contributed by atoms with Crippen molar-refractivity contribution in [2.45, 2.75) is 23.3 Å². The first-order valence-electron chi connectivity index (χ1n) is 10.7. The molecule has 11 heteroatoms. The maximum atomic E-state index is 13.3. The third kappa shape index (κ3) is 7.71. The summed E-state index contributed by atoms with van der Waals surface area (Å²) in [7, 11) is -7.68. The summed E-state index contributed by atoms with van der Waals surface area (Å²) < 4.78 is 55.5. The van der Waals surface area contributed by atoms with Gasteiger partial charge in [-0.25, -0.2) is 21.6 Å². The van der Waals surface area contributed by atoms with Crippen molar-refractivity contribution in [2.75, 3.05) is 19.6 Å². The predicted molar refractivity (Wildman–Crippen MR) is 138 cm³/mol. The van der Waals surface area contributed by atoms with Crippen molar-refractivity contribution in [3.63, 3.8) is 0 Å². The van der Waals surface area contributed by atoms with Crippen LogP contribution in [0.1, 0.15) is 11.1 Å². The summed E-state index contributed by atoms with van der Waals surface area (Å²) in [4.78, 5) is 12.8. The molecular weight excluding hydrogens is 554 g/mol. The minimum absolute atomic E-state index is 0.00142. The van der Waals surface area contributed by atoms with Gasteiger partial charge in [-0.3, -0.25) is 4.79 Å². The number of hydrogen-bond acceptors (Lipinski definition) is 5. The summed E-state index contributed by atoms with van der Waals surface area (Å²) in [5.41, 5.74) is 1.67. The lowest BCUT2D eigenvalue weighted by molar-refractivity contribution is -0.121. The van der Waals surface area contributed by atoms with Crippen molar-refractivity contribution < 1.29 is 21.6 Å². The van der Waals surface area contributed by atoms with Crippen molar-refractivity contribution in [3.8, 4) is 0 Å². The normalized spacial score (nSPS) is 12.0. The molecule has 3 aromatic rings. The van der Waals surface area contributed by atoms with E-state index in [1.54, 1.807) is 48.5 Å². The molecule has 0 aliphatic carbocycles. The first kappa shape index (κ1) is 27.0. The molecule has 0 saturated carbocycles. The Morgan fingerprint density at radius 3 is 2.06 bits per heavy atom. The molecule has 0 aliphatic heterocycles. The first-order chi connectivity index (χ1) is 16.6. The molecule has 0 bridgehead atoms. The fourth-order valence-electron chi connectivity index (χ4n) is 3.17. The summed E-state index contributed by atoms with van der Waals surface area (Å²) in [5.74, 6) is -0.545. The third-order valence-corrected chi connectivity index (χ3v) is 8.86. The van der Waals surface area contributed by atoms with Crippen LogP contribution in [0.15, 0.2) is 93.1 Å². The number of aryl methyl sites for hydroxylation is 1. The van der Waals surface area contributed by atoms with Gasteiger partial charge in [-0.1, -0.05) is 64.0 Å². The Morgan fingerprint density at radius 2 is 1.43 bits per heavy atom. The molecule has 0 saturated heterocycles. The van der Waals surface area contributed by atoms with E-state index in [0.717, 1.165) is 19.9 Å². The molecule has 0 unspecified atom stereocenters. The number of carbonyl (C=O) groups excluding carboxylic acids is 1. The Kier molecular flexibility index (Phi) is 9.20. The van der Waals surface area contributed by atoms with Crippen LogP contribution in [-0.2, 0) is 31.4 Å². The van der Waals surface area contributed by atoms with E-state index in [1.165, 1.54) is 24.3 Å². The van der Waals surface area contributed by atoms with E-state index < -0.39 is 32.5 Å². The van der Waals surface area contributed by atoms with Gasteiger partial charge in [-0.15, -0.1) is 0 Å². The van der Waals surface area contributed by atoms with Gasteiger partial charge in [0.15, 0.2) is 0 Å². The van der Waals surface area contributed by atoms with Crippen LogP contribution >= 0.6 is 15.9 Å². The lowest BCUT2D eigenvalue weighted by Crippen LogP contribution is -2.42. The molecule has 0 aliphatic rings. The molecule has 0 atom stereocenters. The second-order valence-corrected chi connectivity index (χ2v) is 12.4. The van der Waals surface area contributed by atoms with Crippen LogP contribution in [0.3, 0.4) is 0 Å². The number of nitrogens with zero attached hydrogens (tertiary/aromatic N) is 1. The SMILES string of the molecule is Cc1ccc(S(=O)(=O)NCCNC(=O)CN(Cc2ccccc2)S(=O)(=O)c2ccc(Br)cc2)cc1. The Balaban J connectivity index is 1.64. The fourth-order valence-corrected chi connectivity index (χ4v) is 5.85. The molecular formula is C24H26BrN3O5S2. The average molecular weight is 581 g/mol. The van der Waals surface area contributed by atoms with Crippen LogP contribution < -0.4 is 10.0 Å². The van der Waals surface area contributed by atoms with Crippen molar-refractivity contribution in [3.05, 3.63) is 94.5 Å². The topological polar surface area (TPSA) is 113 Å². The van der Waals surface area contributed by atoms with E-state index in [1.807, 2.05) is 13.0 Å². The second-order valence-electron chi connectivity index (χ2n) is 7.77. The molecule has 3 aromatic carbocycles. The second kappa shape index (κ2) is 11.9. The molecule has 3 rings (SSSR count). The molecule has 0 aromatic heterocycles. The summed E-state index contributed by atoms with van der Waals surface area (Å²) in [6.45, 7) is 1.41. The molecule has 186 valence electrons. The van der Waals surface area contributed by atoms with E-state index in [-0.39, 0.29) is 29.4 Å². The van der Waals surface area contributed by atoms with Gasteiger partial charge in [-0.2, -0.15) is 4.31 Å². The van der Waals surface area contributed by atoms with Crippen LogP contribution in [0, 0.1) is 6.92 Å². The van der Waals surface area contributed by atoms with Gasteiger partial charge in [0.25, 0.3) is 0 Å². The fraction of sp³-hybridized carbons (Fsp3) is 0.208. The zero-order valence-corrected chi connectivity index (χ0v) is 22.2. The highest BCUT2D eigenvalue weighted by Crippen LogP contribution is 2.20. The summed E-state index contributed by atoms with van der Waals surface area (Å²) >= 11 is 3.29. The highest BCUT2D eigenvalue weighted by molar-refractivity contribution is 9.10. The predicted octanol–water partition coefficient (Wildman–Crippen LogP) is 3.04. The van der Waals surface area contributed by atoms with Crippen molar-refractivity contribution in [2.24, 2.45) is 0 Å². The smallest absolute Gasteiger partial charge is 0.243 e. The van der Waals surface area contributed by atoms with E-state index in [0.29, 0.717) is 0 Å². The van der Waals surface area contributed by atoms with E-state index in [9.17, 15) is 21.6 Å². The Morgan fingerprint density at radius 1 is 0.829 bits per heavy atom. The number of carbonyl (C=O) groups is 1. The number of nitrogens with one attached hydrogen (secondary N) is 2. The van der Waals surface area contributed by atoms with Crippen molar-refractivity contribution in [1.82, 2.24) is 14.3 Å². The molecule has 8 nitrogen and oxygen atoms in total. The van der Waals surface area contributed by atoms with Crippen LogP contribution in [0.25, 0.3) is 0 Å². The van der Waals surface area contributed by atoms with Gasteiger partial charge in [0.05, 0.1) is 16.3 Å². The number of halogens is 1. The standard InChI is InChI=1S/C24H26BrN3O5S2/c1-19-7-11-22(12-8-19)34(30,31)27-16-15-26-24(29)18-28(17-20-5-3-2-4-6-20)35(32,33)23-13-9-21(25)10-14-23/h2-14,27H,15-18H2,1H3,(H,26,29). The monoisotopic (exact) mass is 579 g/mol. The lowest BCUT2D eigenvalue weighted by Gasteiger charge is -2.22. The molecule has 0 radical (unpaired) electrons. The van der Waals surface area contributed by atoms with Crippen molar-refractivity contribution in [1.29, 1.82) is 0 Å². The zero-order chi connectivity index (χ0) is 25.5. The number of sulfonamides is 2. The number of benzene rings is 3. The van der Waals surface area contributed by atoms with Gasteiger partial charge < -0.3 is 5.32 Å². The molecule has 0 fully saturated rings. The minimum atomic E-state index is -3.96. The quantitative estimate of drug-likeness (QED) is 0.339. The summed E-state index contributed by atoms with van der Waals surface area (Å²) in [6, 6.07) is 21.5. The van der Waals surface area contributed by atoms with Crippen LogP contribution in [-0.4, -0.2) is 46.7 Å². The van der Waals surface area contributed by atoms with Crippen LogP contribution in [0.4, 0.5) is 0 Å². The van der Waals surface area contributed by atoms with Crippen LogP contribution in [0.5, 0.6) is 0 Å². The van der Waals surface area contributed by atoms with Gasteiger partial charge >= 0.3 is 0 Å². The molecule has 35 heavy (non-hydrogen) atoms. The van der Waals surface area contributed by atoms with E-state index >= 15 is 0 Å². The zero-order valence-electron chi connectivity index (χ0n) is 19.0. The molecule has 0 heterocycles. The highest BCUT2D eigenvalue weighted by atomic mass is 79.9. The molecule has 1 amide bonds. The number of rotatable bonds is 11. The Hall–Kier alpha value is -2.57. The first-order valence-corrected chi connectivity index (χ1v) is 14.4. The lowest BCUT2D eigenvalue weighted by atomic mass is 10.2. The summed E-state index contributed by atoms with van der Waals surface area (Å²) in [5, 5.41) is 2.59. The third-order valence-electron chi connectivity index (χ3n) is 5.04. The Labute approximate surface area is 214 Å². The average Bonchev–Trinajstić information content (AvgIpc) is 2.83. The van der Waals surface area contributed by atoms with Gasteiger partial charge in [0.2, 0.25) is 26.0 Å². The Bertz CT molecular complexity index is 1350. The van der Waals surface area contributed by atoms with E-state index in [2.05, 4.69) is 26.0 Å². The number of amides is 1. The van der Waals surface area contributed by atoms with Gasteiger partial charge in [0, 0.05) is 24.1 Å².